The summed E-state index contributed by atoms with van der Waals surface area (Å²) in [7, 11) is 1.57. The average Bonchev–Trinajstić information content (AvgIpc) is 2.75. The lowest BCUT2D eigenvalue weighted by Crippen LogP contribution is -1.90. The smallest absolute Gasteiger partial charge is 0.153 e. The predicted molar refractivity (Wildman–Crippen MR) is 66.4 cm³/mol. The third-order valence-electron chi connectivity index (χ3n) is 2.37. The van der Waals surface area contributed by atoms with Crippen LogP contribution < -0.4 is 4.74 Å². The lowest BCUT2D eigenvalue weighted by Gasteiger charge is -2.05. The number of ether oxygens (including phenoxy) is 1. The second-order valence-electron chi connectivity index (χ2n) is 3.56. The predicted octanol–water partition coefficient (Wildman–Crippen LogP) is 3.54. The summed E-state index contributed by atoms with van der Waals surface area (Å²) in [6, 6.07) is 7.77. The first-order chi connectivity index (χ1) is 7.74. The second kappa shape index (κ2) is 4.49. The van der Waals surface area contributed by atoms with Crippen LogP contribution in [0.5, 0.6) is 5.75 Å². The first kappa shape index (κ1) is 10.9. The molecule has 0 N–H and O–H groups in total. The molecule has 0 spiro atoms. The molecular formula is C13H12O2S. The molecule has 0 aliphatic heterocycles. The molecule has 0 fully saturated rings. The Balaban J connectivity index is 2.47. The zero-order chi connectivity index (χ0) is 11.5. The van der Waals surface area contributed by atoms with Crippen molar-refractivity contribution >= 4 is 17.6 Å². The topological polar surface area (TPSA) is 26.3 Å². The van der Waals surface area contributed by atoms with Crippen molar-refractivity contribution in [2.45, 2.75) is 6.92 Å². The number of carbonyl (C=O) groups excluding carboxylic acids is 1. The van der Waals surface area contributed by atoms with Crippen LogP contribution in [0.2, 0.25) is 0 Å². The number of carbonyl (C=O) groups is 1. The zero-order valence-electron chi connectivity index (χ0n) is 9.19. The SMILES string of the molecule is COc1ccc(-c2cc(C)cs2)cc1C=O. The molecule has 0 aliphatic carbocycles. The third-order valence-corrected chi connectivity index (χ3v) is 3.47. The van der Waals surface area contributed by atoms with Gasteiger partial charge in [0.25, 0.3) is 0 Å². The molecule has 16 heavy (non-hydrogen) atoms. The van der Waals surface area contributed by atoms with Crippen molar-refractivity contribution in [3.8, 4) is 16.2 Å². The lowest BCUT2D eigenvalue weighted by atomic mass is 10.1. The molecule has 0 aliphatic rings. The summed E-state index contributed by atoms with van der Waals surface area (Å²) >= 11 is 1.68. The maximum Gasteiger partial charge on any atom is 0.153 e. The van der Waals surface area contributed by atoms with Gasteiger partial charge in [-0.1, -0.05) is 0 Å². The molecule has 0 saturated heterocycles. The maximum absolute atomic E-state index is 10.9. The van der Waals surface area contributed by atoms with E-state index in [0.717, 1.165) is 11.8 Å². The molecule has 82 valence electrons. The number of hydrogen-bond acceptors (Lipinski definition) is 3. The number of hydrogen-bond donors (Lipinski definition) is 0. The molecule has 1 heterocycles. The Morgan fingerprint density at radius 1 is 1.31 bits per heavy atom. The number of rotatable bonds is 3. The summed E-state index contributed by atoms with van der Waals surface area (Å²) < 4.78 is 5.10. The maximum atomic E-state index is 10.9. The van der Waals surface area contributed by atoms with Crippen LogP contribution >= 0.6 is 11.3 Å². The Bertz CT molecular complexity index is 514. The van der Waals surface area contributed by atoms with E-state index in [1.54, 1.807) is 18.4 Å². The number of aryl methyl sites for hydroxylation is 1. The van der Waals surface area contributed by atoms with Gasteiger partial charge in [0.15, 0.2) is 6.29 Å². The van der Waals surface area contributed by atoms with Crippen molar-refractivity contribution in [3.05, 3.63) is 40.8 Å². The van der Waals surface area contributed by atoms with Gasteiger partial charge < -0.3 is 4.74 Å². The fourth-order valence-corrected chi connectivity index (χ4v) is 2.46. The van der Waals surface area contributed by atoms with Gasteiger partial charge in [0, 0.05) is 4.88 Å². The van der Waals surface area contributed by atoms with Crippen LogP contribution in [0, 0.1) is 6.92 Å². The number of aldehydes is 1. The fourth-order valence-electron chi connectivity index (χ4n) is 1.56. The first-order valence-electron chi connectivity index (χ1n) is 4.93. The van der Waals surface area contributed by atoms with Gasteiger partial charge in [0.1, 0.15) is 5.75 Å². The molecular weight excluding hydrogens is 220 g/mol. The van der Waals surface area contributed by atoms with E-state index >= 15 is 0 Å². The summed E-state index contributed by atoms with van der Waals surface area (Å²) in [6.45, 7) is 2.06. The van der Waals surface area contributed by atoms with Gasteiger partial charge in [-0.05, 0) is 47.7 Å². The van der Waals surface area contributed by atoms with E-state index in [-0.39, 0.29) is 0 Å². The van der Waals surface area contributed by atoms with Crippen LogP contribution in [0.4, 0.5) is 0 Å². The number of benzene rings is 1. The normalized spacial score (nSPS) is 10.1. The molecule has 2 aromatic rings. The summed E-state index contributed by atoms with van der Waals surface area (Å²) in [5.74, 6) is 0.618. The largest absolute Gasteiger partial charge is 0.496 e. The van der Waals surface area contributed by atoms with Gasteiger partial charge >= 0.3 is 0 Å². The second-order valence-corrected chi connectivity index (χ2v) is 4.47. The number of thiophene rings is 1. The van der Waals surface area contributed by atoms with E-state index < -0.39 is 0 Å². The van der Waals surface area contributed by atoms with Gasteiger partial charge in [0.2, 0.25) is 0 Å². The quantitative estimate of drug-likeness (QED) is 0.756. The summed E-state index contributed by atoms with van der Waals surface area (Å²) in [5.41, 5.74) is 2.88. The summed E-state index contributed by atoms with van der Waals surface area (Å²) in [4.78, 5) is 12.1. The van der Waals surface area contributed by atoms with Crippen LogP contribution in [0.1, 0.15) is 15.9 Å². The van der Waals surface area contributed by atoms with E-state index in [9.17, 15) is 4.79 Å². The Kier molecular flexibility index (Phi) is 3.06. The molecule has 0 amide bonds. The Morgan fingerprint density at radius 2 is 2.12 bits per heavy atom. The molecule has 3 heteroatoms. The van der Waals surface area contributed by atoms with Gasteiger partial charge in [-0.2, -0.15) is 0 Å². The van der Waals surface area contributed by atoms with Crippen LogP contribution in [0.25, 0.3) is 10.4 Å². The van der Waals surface area contributed by atoms with E-state index in [0.29, 0.717) is 11.3 Å². The van der Waals surface area contributed by atoms with Gasteiger partial charge in [-0.3, -0.25) is 4.79 Å². The van der Waals surface area contributed by atoms with Crippen molar-refractivity contribution in [3.63, 3.8) is 0 Å². The third kappa shape index (κ3) is 1.99. The highest BCUT2D eigenvalue weighted by Crippen LogP contribution is 2.30. The van der Waals surface area contributed by atoms with E-state index in [1.165, 1.54) is 10.4 Å². The number of methoxy groups -OCH3 is 1. The summed E-state index contributed by atoms with van der Waals surface area (Å²) in [6.07, 6.45) is 0.822. The zero-order valence-corrected chi connectivity index (χ0v) is 10.0. The van der Waals surface area contributed by atoms with Crippen LogP contribution in [0.3, 0.4) is 0 Å². The van der Waals surface area contributed by atoms with E-state index in [1.807, 2.05) is 18.2 Å². The van der Waals surface area contributed by atoms with Gasteiger partial charge in [0.05, 0.1) is 12.7 Å². The fraction of sp³-hybridized carbons (Fsp3) is 0.154. The van der Waals surface area contributed by atoms with Gasteiger partial charge in [-0.15, -0.1) is 11.3 Å². The highest BCUT2D eigenvalue weighted by Gasteiger charge is 2.06. The average molecular weight is 232 g/mol. The Labute approximate surface area is 98.5 Å². The van der Waals surface area contributed by atoms with Crippen LogP contribution in [-0.2, 0) is 0 Å². The molecule has 2 nitrogen and oxygen atoms in total. The monoisotopic (exact) mass is 232 g/mol. The molecule has 1 aromatic carbocycles. The lowest BCUT2D eigenvalue weighted by molar-refractivity contribution is 0.112. The van der Waals surface area contributed by atoms with Crippen molar-refractivity contribution in [2.75, 3.05) is 7.11 Å². The molecule has 0 atom stereocenters. The standard InChI is InChI=1S/C13H12O2S/c1-9-5-13(16-8-9)10-3-4-12(15-2)11(6-10)7-14/h3-8H,1-2H3. The highest BCUT2D eigenvalue weighted by molar-refractivity contribution is 7.13. The summed E-state index contributed by atoms with van der Waals surface area (Å²) in [5, 5.41) is 2.10. The van der Waals surface area contributed by atoms with Crippen molar-refractivity contribution in [2.24, 2.45) is 0 Å². The minimum absolute atomic E-state index is 0.589. The van der Waals surface area contributed by atoms with E-state index in [2.05, 4.69) is 18.4 Å². The molecule has 0 unspecified atom stereocenters. The molecule has 0 saturated carbocycles. The Hall–Kier alpha value is -1.61. The van der Waals surface area contributed by atoms with Crippen LogP contribution in [0.15, 0.2) is 29.6 Å². The van der Waals surface area contributed by atoms with Crippen molar-refractivity contribution in [1.82, 2.24) is 0 Å². The first-order valence-corrected chi connectivity index (χ1v) is 5.81. The van der Waals surface area contributed by atoms with E-state index in [4.69, 9.17) is 4.74 Å². The molecule has 0 bridgehead atoms. The molecule has 1 aromatic heterocycles. The highest BCUT2D eigenvalue weighted by atomic mass is 32.1. The van der Waals surface area contributed by atoms with Gasteiger partial charge in [-0.25, -0.2) is 0 Å². The van der Waals surface area contributed by atoms with Crippen molar-refractivity contribution in [1.29, 1.82) is 0 Å². The molecule has 0 radical (unpaired) electrons. The molecule has 2 rings (SSSR count). The minimum Gasteiger partial charge on any atom is -0.496 e. The van der Waals surface area contributed by atoms with Crippen LogP contribution in [-0.4, -0.2) is 13.4 Å². The van der Waals surface area contributed by atoms with Crippen molar-refractivity contribution < 1.29 is 9.53 Å². The Morgan fingerprint density at radius 3 is 2.69 bits per heavy atom. The minimum atomic E-state index is 0.589.